The standard InChI is InChI=1S/C19H22N2O4/c22-19(8-13-4-2-1-3-5-13)20-11-15-10-17(25-21-15)14-6-7-16-18(9-14)24-12-23-16/h6-7,9-10,13H,1-5,8,11-12H2,(H,20,22). The summed E-state index contributed by atoms with van der Waals surface area (Å²) < 4.78 is 16.1. The van der Waals surface area contributed by atoms with Crippen LogP contribution in [-0.4, -0.2) is 17.9 Å². The summed E-state index contributed by atoms with van der Waals surface area (Å²) in [6.07, 6.45) is 6.77. The molecular weight excluding hydrogens is 320 g/mol. The first kappa shape index (κ1) is 16.0. The smallest absolute Gasteiger partial charge is 0.231 e. The summed E-state index contributed by atoms with van der Waals surface area (Å²) >= 11 is 0. The number of benzene rings is 1. The van der Waals surface area contributed by atoms with Crippen LogP contribution in [0.3, 0.4) is 0 Å². The molecule has 1 N–H and O–H groups in total. The molecule has 1 saturated carbocycles. The highest BCUT2D eigenvalue weighted by molar-refractivity contribution is 5.76. The summed E-state index contributed by atoms with van der Waals surface area (Å²) in [6, 6.07) is 7.47. The molecule has 0 radical (unpaired) electrons. The van der Waals surface area contributed by atoms with Crippen LogP contribution >= 0.6 is 0 Å². The second-order valence-corrected chi connectivity index (χ2v) is 6.74. The van der Waals surface area contributed by atoms with E-state index in [9.17, 15) is 4.79 Å². The third-order valence-electron chi connectivity index (χ3n) is 4.88. The number of ether oxygens (including phenoxy) is 2. The van der Waals surface area contributed by atoms with E-state index in [4.69, 9.17) is 14.0 Å². The summed E-state index contributed by atoms with van der Waals surface area (Å²) in [5.41, 5.74) is 1.58. The lowest BCUT2D eigenvalue weighted by Gasteiger charge is -2.20. The number of fused-ring (bicyclic) bond motifs is 1. The highest BCUT2D eigenvalue weighted by Gasteiger charge is 2.18. The Morgan fingerprint density at radius 3 is 2.84 bits per heavy atom. The van der Waals surface area contributed by atoms with Crippen LogP contribution < -0.4 is 14.8 Å². The molecule has 132 valence electrons. The molecule has 1 aliphatic carbocycles. The second kappa shape index (κ2) is 7.17. The van der Waals surface area contributed by atoms with E-state index >= 15 is 0 Å². The number of rotatable bonds is 5. The van der Waals surface area contributed by atoms with Crippen LogP contribution in [0.2, 0.25) is 0 Å². The third kappa shape index (κ3) is 3.78. The van der Waals surface area contributed by atoms with Crippen molar-refractivity contribution >= 4 is 5.91 Å². The van der Waals surface area contributed by atoms with Gasteiger partial charge in [0.15, 0.2) is 17.3 Å². The molecule has 2 heterocycles. The fourth-order valence-electron chi connectivity index (χ4n) is 3.50. The normalized spacial score (nSPS) is 16.8. The van der Waals surface area contributed by atoms with Gasteiger partial charge in [-0.25, -0.2) is 0 Å². The summed E-state index contributed by atoms with van der Waals surface area (Å²) in [4.78, 5) is 12.1. The van der Waals surface area contributed by atoms with Gasteiger partial charge < -0.3 is 19.3 Å². The van der Waals surface area contributed by atoms with Crippen LogP contribution in [0.1, 0.15) is 44.2 Å². The maximum Gasteiger partial charge on any atom is 0.231 e. The molecule has 0 spiro atoms. The lowest BCUT2D eigenvalue weighted by Crippen LogP contribution is -2.26. The molecule has 0 atom stereocenters. The Hall–Kier alpha value is -2.50. The van der Waals surface area contributed by atoms with Gasteiger partial charge in [-0.2, -0.15) is 0 Å². The molecule has 1 fully saturated rings. The maximum atomic E-state index is 12.1. The van der Waals surface area contributed by atoms with Gasteiger partial charge in [-0.15, -0.1) is 0 Å². The van der Waals surface area contributed by atoms with E-state index in [1.807, 2.05) is 24.3 Å². The zero-order valence-corrected chi connectivity index (χ0v) is 14.1. The number of carbonyl (C=O) groups is 1. The lowest BCUT2D eigenvalue weighted by atomic mass is 9.87. The predicted octanol–water partition coefficient (Wildman–Crippen LogP) is 3.66. The van der Waals surface area contributed by atoms with Gasteiger partial charge in [0, 0.05) is 18.1 Å². The van der Waals surface area contributed by atoms with Gasteiger partial charge in [0.1, 0.15) is 5.69 Å². The minimum atomic E-state index is 0.0968. The Bertz CT molecular complexity index is 750. The van der Waals surface area contributed by atoms with E-state index in [0.29, 0.717) is 36.1 Å². The molecule has 2 aromatic rings. The summed E-state index contributed by atoms with van der Waals surface area (Å²) in [5, 5.41) is 6.99. The van der Waals surface area contributed by atoms with E-state index in [1.165, 1.54) is 32.1 Å². The first-order valence-corrected chi connectivity index (χ1v) is 8.90. The average Bonchev–Trinajstić information content (AvgIpc) is 3.29. The summed E-state index contributed by atoms with van der Waals surface area (Å²) in [7, 11) is 0. The van der Waals surface area contributed by atoms with Gasteiger partial charge in [0.2, 0.25) is 12.7 Å². The van der Waals surface area contributed by atoms with E-state index in [0.717, 1.165) is 11.3 Å². The molecule has 0 bridgehead atoms. The number of nitrogens with one attached hydrogen (secondary N) is 1. The van der Waals surface area contributed by atoms with Crippen molar-refractivity contribution in [3.63, 3.8) is 0 Å². The van der Waals surface area contributed by atoms with Gasteiger partial charge in [-0.1, -0.05) is 24.4 Å². The molecule has 6 heteroatoms. The molecule has 2 aliphatic rings. The minimum Gasteiger partial charge on any atom is -0.454 e. The fraction of sp³-hybridized carbons (Fsp3) is 0.474. The van der Waals surface area contributed by atoms with Gasteiger partial charge in [0.05, 0.1) is 6.54 Å². The van der Waals surface area contributed by atoms with Gasteiger partial charge in [-0.05, 0) is 37.0 Å². The van der Waals surface area contributed by atoms with Crippen LogP contribution in [0.15, 0.2) is 28.8 Å². The molecule has 1 aromatic heterocycles. The van der Waals surface area contributed by atoms with Crippen molar-refractivity contribution in [1.29, 1.82) is 0 Å². The molecule has 0 unspecified atom stereocenters. The maximum absolute atomic E-state index is 12.1. The van der Waals surface area contributed by atoms with Crippen molar-refractivity contribution < 1.29 is 18.8 Å². The second-order valence-electron chi connectivity index (χ2n) is 6.74. The average molecular weight is 342 g/mol. The molecular formula is C19H22N2O4. The van der Waals surface area contributed by atoms with Crippen molar-refractivity contribution in [2.75, 3.05) is 6.79 Å². The molecule has 1 aliphatic heterocycles. The van der Waals surface area contributed by atoms with Crippen LogP contribution in [-0.2, 0) is 11.3 Å². The highest BCUT2D eigenvalue weighted by Crippen LogP contribution is 2.36. The number of hydrogen-bond acceptors (Lipinski definition) is 5. The van der Waals surface area contributed by atoms with Crippen molar-refractivity contribution in [2.45, 2.75) is 45.1 Å². The topological polar surface area (TPSA) is 73.6 Å². The van der Waals surface area contributed by atoms with Crippen molar-refractivity contribution in [3.05, 3.63) is 30.0 Å². The predicted molar refractivity (Wildman–Crippen MR) is 91.1 cm³/mol. The first-order chi connectivity index (χ1) is 12.3. The van der Waals surface area contributed by atoms with Crippen molar-refractivity contribution in [3.8, 4) is 22.8 Å². The van der Waals surface area contributed by atoms with E-state index < -0.39 is 0 Å². The Balaban J connectivity index is 1.33. The van der Waals surface area contributed by atoms with Crippen LogP contribution in [0, 0.1) is 5.92 Å². The van der Waals surface area contributed by atoms with Gasteiger partial charge >= 0.3 is 0 Å². The number of carbonyl (C=O) groups excluding carboxylic acids is 1. The first-order valence-electron chi connectivity index (χ1n) is 8.90. The van der Waals surface area contributed by atoms with E-state index in [2.05, 4.69) is 10.5 Å². The molecule has 6 nitrogen and oxygen atoms in total. The summed E-state index contributed by atoms with van der Waals surface area (Å²) in [5.74, 6) is 2.72. The molecule has 25 heavy (non-hydrogen) atoms. The molecule has 0 saturated heterocycles. The van der Waals surface area contributed by atoms with Crippen molar-refractivity contribution in [2.24, 2.45) is 5.92 Å². The number of hydrogen-bond donors (Lipinski definition) is 1. The monoisotopic (exact) mass is 342 g/mol. The van der Waals surface area contributed by atoms with E-state index in [1.54, 1.807) is 0 Å². The molecule has 4 rings (SSSR count). The SMILES string of the molecule is O=C(CC1CCCCC1)NCc1cc(-c2ccc3c(c2)OCO3)on1. The van der Waals surface area contributed by atoms with Crippen LogP contribution in [0.25, 0.3) is 11.3 Å². The quantitative estimate of drug-likeness (QED) is 0.898. The van der Waals surface area contributed by atoms with Gasteiger partial charge in [-0.3, -0.25) is 4.79 Å². The lowest BCUT2D eigenvalue weighted by molar-refractivity contribution is -0.122. The molecule has 1 amide bonds. The third-order valence-corrected chi connectivity index (χ3v) is 4.88. The Morgan fingerprint density at radius 2 is 1.96 bits per heavy atom. The Morgan fingerprint density at radius 1 is 1.12 bits per heavy atom. The number of amides is 1. The number of nitrogens with zero attached hydrogens (tertiary/aromatic N) is 1. The van der Waals surface area contributed by atoms with Gasteiger partial charge in [0.25, 0.3) is 0 Å². The molecule has 1 aromatic carbocycles. The van der Waals surface area contributed by atoms with E-state index in [-0.39, 0.29) is 12.7 Å². The number of aromatic nitrogens is 1. The fourth-order valence-corrected chi connectivity index (χ4v) is 3.50. The minimum absolute atomic E-state index is 0.0968. The Kier molecular flexibility index (Phi) is 4.59. The van der Waals surface area contributed by atoms with Crippen LogP contribution in [0.5, 0.6) is 11.5 Å². The largest absolute Gasteiger partial charge is 0.454 e. The zero-order chi connectivity index (χ0) is 17.1. The highest BCUT2D eigenvalue weighted by atomic mass is 16.7. The Labute approximate surface area is 146 Å². The van der Waals surface area contributed by atoms with Crippen LogP contribution in [0.4, 0.5) is 0 Å². The summed E-state index contributed by atoms with van der Waals surface area (Å²) in [6.45, 7) is 0.632. The van der Waals surface area contributed by atoms with Crippen molar-refractivity contribution in [1.82, 2.24) is 10.5 Å². The zero-order valence-electron chi connectivity index (χ0n) is 14.1.